The maximum Gasteiger partial charge on any atom is 0.407 e. The Hall–Kier alpha value is -2.08. The number of carboxylic acid groups (broad SMARTS) is 1. The molecule has 22 heavy (non-hydrogen) atoms. The fourth-order valence-corrected chi connectivity index (χ4v) is 1.96. The van der Waals surface area contributed by atoms with Gasteiger partial charge in [-0.1, -0.05) is 24.3 Å². The zero-order chi connectivity index (χ0) is 16.8. The van der Waals surface area contributed by atoms with E-state index < -0.39 is 23.7 Å². The summed E-state index contributed by atoms with van der Waals surface area (Å²) in [5.74, 6) is -0.973. The summed E-state index contributed by atoms with van der Waals surface area (Å²) in [7, 11) is 0. The van der Waals surface area contributed by atoms with Gasteiger partial charge in [0, 0.05) is 12.6 Å². The molecule has 1 atom stereocenters. The molecule has 1 aromatic rings. The van der Waals surface area contributed by atoms with Crippen LogP contribution >= 0.6 is 0 Å². The highest BCUT2D eigenvalue weighted by atomic mass is 16.6. The number of amides is 1. The van der Waals surface area contributed by atoms with E-state index in [4.69, 9.17) is 15.6 Å². The number of nitrogens with two attached hydrogens (primary N) is 1. The van der Waals surface area contributed by atoms with E-state index in [0.29, 0.717) is 13.0 Å². The lowest BCUT2D eigenvalue weighted by molar-refractivity contribution is -0.137. The van der Waals surface area contributed by atoms with Gasteiger partial charge >= 0.3 is 12.1 Å². The summed E-state index contributed by atoms with van der Waals surface area (Å²) in [4.78, 5) is 22.8. The summed E-state index contributed by atoms with van der Waals surface area (Å²) in [5.41, 5.74) is 6.84. The van der Waals surface area contributed by atoms with Crippen molar-refractivity contribution in [2.24, 2.45) is 5.73 Å². The molecule has 0 heterocycles. The minimum absolute atomic E-state index is 0.169. The number of benzene rings is 1. The molecular weight excluding hydrogens is 284 g/mol. The van der Waals surface area contributed by atoms with Crippen LogP contribution in [0, 0.1) is 0 Å². The van der Waals surface area contributed by atoms with Crippen molar-refractivity contribution in [2.45, 2.75) is 51.8 Å². The van der Waals surface area contributed by atoms with Crippen molar-refractivity contribution in [2.75, 3.05) is 0 Å². The summed E-state index contributed by atoms with van der Waals surface area (Å²) in [6.07, 6.45) is -0.369. The van der Waals surface area contributed by atoms with Gasteiger partial charge in [-0.25, -0.2) is 4.79 Å². The second kappa shape index (κ2) is 7.79. The van der Waals surface area contributed by atoms with Gasteiger partial charge in [0.1, 0.15) is 5.60 Å². The Labute approximate surface area is 130 Å². The molecule has 122 valence electrons. The van der Waals surface area contributed by atoms with Gasteiger partial charge in [-0.05, 0) is 38.3 Å². The summed E-state index contributed by atoms with van der Waals surface area (Å²) in [6, 6.07) is 7.01. The van der Waals surface area contributed by atoms with Gasteiger partial charge in [-0.2, -0.15) is 0 Å². The summed E-state index contributed by atoms with van der Waals surface area (Å²) >= 11 is 0. The standard InChI is InChI=1S/C16H24N2O4/c1-16(2,3)22-15(21)18-13(9-14(19)20)8-11-4-6-12(10-17)7-5-11/h4-7,13H,8-10,17H2,1-3H3,(H,18,21)(H,19,20)/t13-/m0/s1. The molecule has 0 bridgehead atoms. The third kappa shape index (κ3) is 7.08. The van der Waals surface area contributed by atoms with E-state index >= 15 is 0 Å². The number of carbonyl (C=O) groups is 2. The second-order valence-electron chi connectivity index (χ2n) is 6.17. The number of hydrogen-bond acceptors (Lipinski definition) is 4. The first kappa shape index (κ1) is 18.0. The fraction of sp³-hybridized carbons (Fsp3) is 0.500. The highest BCUT2D eigenvalue weighted by molar-refractivity contribution is 5.71. The third-order valence-corrected chi connectivity index (χ3v) is 2.88. The zero-order valence-electron chi connectivity index (χ0n) is 13.3. The van der Waals surface area contributed by atoms with Crippen LogP contribution in [-0.4, -0.2) is 28.8 Å². The molecule has 0 spiro atoms. The van der Waals surface area contributed by atoms with Crippen LogP contribution in [0.25, 0.3) is 0 Å². The molecule has 4 N–H and O–H groups in total. The maximum atomic E-state index is 11.8. The van der Waals surface area contributed by atoms with Gasteiger partial charge in [-0.15, -0.1) is 0 Å². The minimum Gasteiger partial charge on any atom is -0.481 e. The molecule has 0 aliphatic carbocycles. The molecule has 6 heteroatoms. The number of aliphatic carboxylic acids is 1. The van der Waals surface area contributed by atoms with E-state index in [1.807, 2.05) is 24.3 Å². The molecule has 1 rings (SSSR count). The number of nitrogens with one attached hydrogen (secondary N) is 1. The molecule has 6 nitrogen and oxygen atoms in total. The number of hydrogen-bond donors (Lipinski definition) is 3. The van der Waals surface area contributed by atoms with E-state index in [1.165, 1.54) is 0 Å². The Morgan fingerprint density at radius 3 is 2.23 bits per heavy atom. The largest absolute Gasteiger partial charge is 0.481 e. The molecule has 1 aromatic carbocycles. The zero-order valence-corrected chi connectivity index (χ0v) is 13.3. The van der Waals surface area contributed by atoms with Crippen molar-refractivity contribution in [3.63, 3.8) is 0 Å². The van der Waals surface area contributed by atoms with Crippen LogP contribution in [0.5, 0.6) is 0 Å². The van der Waals surface area contributed by atoms with E-state index in [1.54, 1.807) is 20.8 Å². The normalized spacial score (nSPS) is 12.5. The average molecular weight is 308 g/mol. The van der Waals surface area contributed by atoms with Gasteiger partial charge in [0.05, 0.1) is 6.42 Å². The maximum absolute atomic E-state index is 11.8. The SMILES string of the molecule is CC(C)(C)OC(=O)N[C@H](CC(=O)O)Cc1ccc(CN)cc1. The molecule has 1 amide bonds. The predicted octanol–water partition coefficient (Wildman–Crippen LogP) is 2.06. The van der Waals surface area contributed by atoms with Crippen LogP contribution in [0.15, 0.2) is 24.3 Å². The van der Waals surface area contributed by atoms with Gasteiger partial charge in [0.25, 0.3) is 0 Å². The van der Waals surface area contributed by atoms with Gasteiger partial charge in [0.15, 0.2) is 0 Å². The van der Waals surface area contributed by atoms with Crippen LogP contribution in [-0.2, 0) is 22.5 Å². The van der Waals surface area contributed by atoms with Crippen molar-refractivity contribution in [1.82, 2.24) is 5.32 Å². The number of ether oxygens (including phenoxy) is 1. The predicted molar refractivity (Wildman–Crippen MR) is 83.4 cm³/mol. The number of rotatable bonds is 6. The van der Waals surface area contributed by atoms with Crippen molar-refractivity contribution >= 4 is 12.1 Å². The Morgan fingerprint density at radius 1 is 1.23 bits per heavy atom. The van der Waals surface area contributed by atoms with E-state index in [-0.39, 0.29) is 6.42 Å². The average Bonchev–Trinajstić information content (AvgIpc) is 2.36. The van der Waals surface area contributed by atoms with Gasteiger partial charge in [-0.3, -0.25) is 4.79 Å². The highest BCUT2D eigenvalue weighted by Gasteiger charge is 2.21. The van der Waals surface area contributed by atoms with E-state index in [2.05, 4.69) is 5.32 Å². The lowest BCUT2D eigenvalue weighted by atomic mass is 10.0. The second-order valence-corrected chi connectivity index (χ2v) is 6.17. The molecule has 0 saturated heterocycles. The Morgan fingerprint density at radius 2 is 1.77 bits per heavy atom. The lowest BCUT2D eigenvalue weighted by Gasteiger charge is -2.23. The minimum atomic E-state index is -0.973. The van der Waals surface area contributed by atoms with E-state index in [9.17, 15) is 9.59 Å². The fourth-order valence-electron chi connectivity index (χ4n) is 1.96. The highest BCUT2D eigenvalue weighted by Crippen LogP contribution is 2.11. The summed E-state index contributed by atoms with van der Waals surface area (Å²) < 4.78 is 5.16. The molecule has 0 aliphatic rings. The van der Waals surface area contributed by atoms with Crippen molar-refractivity contribution < 1.29 is 19.4 Å². The van der Waals surface area contributed by atoms with Crippen LogP contribution in [0.2, 0.25) is 0 Å². The van der Waals surface area contributed by atoms with Crippen molar-refractivity contribution in [3.8, 4) is 0 Å². The Kier molecular flexibility index (Phi) is 6.37. The first-order valence-corrected chi connectivity index (χ1v) is 7.19. The van der Waals surface area contributed by atoms with Crippen LogP contribution in [0.4, 0.5) is 4.79 Å². The summed E-state index contributed by atoms with van der Waals surface area (Å²) in [5, 5.41) is 11.6. The molecular formula is C16H24N2O4. The van der Waals surface area contributed by atoms with E-state index in [0.717, 1.165) is 11.1 Å². The molecule has 0 aliphatic heterocycles. The lowest BCUT2D eigenvalue weighted by Crippen LogP contribution is -2.41. The number of carboxylic acids is 1. The first-order valence-electron chi connectivity index (χ1n) is 7.19. The quantitative estimate of drug-likeness (QED) is 0.746. The number of alkyl carbamates (subject to hydrolysis) is 1. The number of carbonyl (C=O) groups excluding carboxylic acids is 1. The smallest absolute Gasteiger partial charge is 0.407 e. The third-order valence-electron chi connectivity index (χ3n) is 2.88. The van der Waals surface area contributed by atoms with Crippen LogP contribution in [0.3, 0.4) is 0 Å². The summed E-state index contributed by atoms with van der Waals surface area (Å²) in [6.45, 7) is 5.72. The van der Waals surface area contributed by atoms with Crippen LogP contribution in [0.1, 0.15) is 38.3 Å². The topological polar surface area (TPSA) is 102 Å². The van der Waals surface area contributed by atoms with Gasteiger partial charge < -0.3 is 20.9 Å². The van der Waals surface area contributed by atoms with Crippen molar-refractivity contribution in [1.29, 1.82) is 0 Å². The van der Waals surface area contributed by atoms with Crippen molar-refractivity contribution in [3.05, 3.63) is 35.4 Å². The van der Waals surface area contributed by atoms with Gasteiger partial charge in [0.2, 0.25) is 0 Å². The van der Waals surface area contributed by atoms with Crippen LogP contribution < -0.4 is 11.1 Å². The Bertz CT molecular complexity index is 506. The molecule has 0 fully saturated rings. The first-order chi connectivity index (χ1) is 10.2. The monoisotopic (exact) mass is 308 g/mol. The molecule has 0 unspecified atom stereocenters. The molecule has 0 aromatic heterocycles. The molecule has 0 saturated carbocycles. The Balaban J connectivity index is 2.70. The molecule has 0 radical (unpaired) electrons.